The first-order valence-electron chi connectivity index (χ1n) is 5.68. The Morgan fingerprint density at radius 2 is 1.50 bits per heavy atom. The lowest BCUT2D eigenvalue weighted by molar-refractivity contribution is 0.512. The Hall–Kier alpha value is -1.09. The molecular formula is C14H16NP. The molecule has 2 heteroatoms. The smallest absolute Gasteiger partial charge is 0.0442 e. The van der Waals surface area contributed by atoms with E-state index in [2.05, 4.69) is 54.3 Å². The van der Waals surface area contributed by atoms with Gasteiger partial charge in [0.25, 0.3) is 0 Å². The molecule has 0 aromatic rings. The van der Waals surface area contributed by atoms with E-state index in [4.69, 9.17) is 0 Å². The second-order valence-electron chi connectivity index (χ2n) is 3.56. The van der Waals surface area contributed by atoms with E-state index in [0.717, 1.165) is 13.1 Å². The van der Waals surface area contributed by atoms with Crippen molar-refractivity contribution in [1.29, 1.82) is 0 Å². The lowest BCUT2D eigenvalue weighted by Gasteiger charge is -2.29. The molecule has 0 radical (unpaired) electrons. The second-order valence-corrected chi connectivity index (χ2v) is 5.71. The van der Waals surface area contributed by atoms with Gasteiger partial charge in [0.15, 0.2) is 0 Å². The first kappa shape index (κ1) is 11.4. The van der Waals surface area contributed by atoms with Crippen molar-refractivity contribution in [1.82, 2.24) is 4.67 Å². The Morgan fingerprint density at radius 3 is 1.81 bits per heavy atom. The molecule has 0 unspecified atom stereocenters. The Balaban J connectivity index is 2.33. The Kier molecular flexibility index (Phi) is 3.78. The van der Waals surface area contributed by atoms with Crippen molar-refractivity contribution in [3.8, 4) is 0 Å². The summed E-state index contributed by atoms with van der Waals surface area (Å²) in [7, 11) is -0.418. The van der Waals surface area contributed by atoms with Crippen LogP contribution in [0.3, 0.4) is 0 Å². The molecule has 0 spiro atoms. The van der Waals surface area contributed by atoms with E-state index in [1.165, 1.54) is 10.6 Å². The Morgan fingerprint density at radius 1 is 1.00 bits per heavy atom. The molecule has 2 aliphatic carbocycles. The molecule has 2 aliphatic rings. The van der Waals surface area contributed by atoms with Gasteiger partial charge in [-0.25, -0.2) is 0 Å². The molecule has 2 rings (SSSR count). The summed E-state index contributed by atoms with van der Waals surface area (Å²) in [6.45, 7) is 6.57. The molecule has 0 aromatic heterocycles. The third-order valence-electron chi connectivity index (χ3n) is 2.63. The highest BCUT2D eigenvalue weighted by Crippen LogP contribution is 2.56. The van der Waals surface area contributed by atoms with E-state index >= 15 is 0 Å². The molecule has 1 nitrogen and oxygen atoms in total. The van der Waals surface area contributed by atoms with Crippen LogP contribution in [0.1, 0.15) is 13.8 Å². The van der Waals surface area contributed by atoms with Gasteiger partial charge in [-0.1, -0.05) is 26.0 Å². The largest absolute Gasteiger partial charge is 0.274 e. The minimum absolute atomic E-state index is 0.418. The minimum atomic E-state index is -0.418. The standard InChI is InChI=1S/C14H16NP/c1-3-15(4-2)16(13-9-5-6-10-13)14-11-7-8-12-14/h5-9,11H,3-4H2,1-2H3. The molecule has 0 heterocycles. The number of rotatable bonds is 5. The summed E-state index contributed by atoms with van der Waals surface area (Å²) in [5.41, 5.74) is 6.68. The summed E-state index contributed by atoms with van der Waals surface area (Å²) in [5, 5.41) is 2.61. The molecule has 0 fully saturated rings. The van der Waals surface area contributed by atoms with Crippen LogP contribution < -0.4 is 0 Å². The molecule has 0 saturated heterocycles. The van der Waals surface area contributed by atoms with Gasteiger partial charge in [-0.3, -0.25) is 4.67 Å². The molecule has 0 atom stereocenters. The van der Waals surface area contributed by atoms with Gasteiger partial charge in [0.05, 0.1) is 0 Å². The van der Waals surface area contributed by atoms with Gasteiger partial charge in [0.1, 0.15) is 0 Å². The lowest BCUT2D eigenvalue weighted by atomic mass is 10.6. The monoisotopic (exact) mass is 229 g/mol. The van der Waals surface area contributed by atoms with Crippen LogP contribution in [0.2, 0.25) is 0 Å². The molecule has 0 aliphatic heterocycles. The lowest BCUT2D eigenvalue weighted by Crippen LogP contribution is -2.17. The number of allylic oxidation sites excluding steroid dienone is 6. The molecular weight excluding hydrogens is 213 g/mol. The molecule has 16 heavy (non-hydrogen) atoms. The first-order chi connectivity index (χ1) is 7.86. The van der Waals surface area contributed by atoms with E-state index in [9.17, 15) is 0 Å². The van der Waals surface area contributed by atoms with Crippen molar-refractivity contribution in [2.45, 2.75) is 13.8 Å². The van der Waals surface area contributed by atoms with Crippen LogP contribution in [0.5, 0.6) is 0 Å². The highest BCUT2D eigenvalue weighted by atomic mass is 31.1. The summed E-state index contributed by atoms with van der Waals surface area (Å²) in [5.74, 6) is 0. The van der Waals surface area contributed by atoms with Crippen molar-refractivity contribution in [2.24, 2.45) is 0 Å². The third-order valence-corrected chi connectivity index (χ3v) is 5.23. The fraction of sp³-hybridized carbons (Fsp3) is 0.286. The van der Waals surface area contributed by atoms with Gasteiger partial charge in [0, 0.05) is 18.7 Å². The second kappa shape index (κ2) is 5.30. The summed E-state index contributed by atoms with van der Waals surface area (Å²) in [4.78, 5) is 0. The van der Waals surface area contributed by atoms with Gasteiger partial charge >= 0.3 is 0 Å². The van der Waals surface area contributed by atoms with Crippen molar-refractivity contribution in [3.05, 3.63) is 58.5 Å². The highest BCUT2D eigenvalue weighted by Gasteiger charge is 2.23. The summed E-state index contributed by atoms with van der Waals surface area (Å²) < 4.78 is 2.49. The maximum Gasteiger partial charge on any atom is 0.0442 e. The fourth-order valence-electron chi connectivity index (χ4n) is 1.85. The van der Waals surface area contributed by atoms with E-state index in [0.29, 0.717) is 0 Å². The average Bonchev–Trinajstić information content (AvgIpc) is 2.98. The molecule has 0 saturated carbocycles. The summed E-state index contributed by atoms with van der Waals surface area (Å²) in [6, 6.07) is 0. The SMILES string of the molecule is CCN(CC)P(C1=C=CC=C1)C1=C=CC=C1. The van der Waals surface area contributed by atoms with E-state index in [1.807, 2.05) is 12.2 Å². The van der Waals surface area contributed by atoms with Gasteiger partial charge in [0.2, 0.25) is 0 Å². The van der Waals surface area contributed by atoms with Crippen molar-refractivity contribution >= 4 is 8.07 Å². The zero-order valence-corrected chi connectivity index (χ0v) is 10.7. The molecule has 0 bridgehead atoms. The zero-order chi connectivity index (χ0) is 11.4. The molecule has 0 N–H and O–H groups in total. The summed E-state index contributed by atoms with van der Waals surface area (Å²) >= 11 is 0. The Bertz CT molecular complexity index is 413. The van der Waals surface area contributed by atoms with Crippen LogP contribution in [0.25, 0.3) is 0 Å². The van der Waals surface area contributed by atoms with Gasteiger partial charge in [-0.05, 0) is 37.4 Å². The summed E-state index contributed by atoms with van der Waals surface area (Å²) in [6.07, 6.45) is 12.5. The average molecular weight is 229 g/mol. The van der Waals surface area contributed by atoms with Crippen molar-refractivity contribution < 1.29 is 0 Å². The first-order valence-corrected chi connectivity index (χ1v) is 6.98. The van der Waals surface area contributed by atoms with Crippen LogP contribution in [-0.2, 0) is 0 Å². The van der Waals surface area contributed by atoms with E-state index in [1.54, 1.807) is 0 Å². The van der Waals surface area contributed by atoms with Gasteiger partial charge in [-0.2, -0.15) is 0 Å². The minimum Gasteiger partial charge on any atom is -0.274 e. The quantitative estimate of drug-likeness (QED) is 0.509. The van der Waals surface area contributed by atoms with E-state index in [-0.39, 0.29) is 0 Å². The Labute approximate surface area is 98.6 Å². The third kappa shape index (κ3) is 2.19. The van der Waals surface area contributed by atoms with Crippen molar-refractivity contribution in [3.63, 3.8) is 0 Å². The number of hydrogen-bond acceptors (Lipinski definition) is 1. The number of hydrogen-bond donors (Lipinski definition) is 0. The van der Waals surface area contributed by atoms with Gasteiger partial charge < -0.3 is 0 Å². The maximum absolute atomic E-state index is 3.34. The zero-order valence-electron chi connectivity index (χ0n) is 9.77. The van der Waals surface area contributed by atoms with Crippen LogP contribution in [0.15, 0.2) is 58.5 Å². The van der Waals surface area contributed by atoms with Crippen LogP contribution in [0.4, 0.5) is 0 Å². The highest BCUT2D eigenvalue weighted by molar-refractivity contribution is 7.64. The molecule has 0 aromatic carbocycles. The fourth-order valence-corrected chi connectivity index (χ4v) is 4.13. The topological polar surface area (TPSA) is 3.24 Å². The maximum atomic E-state index is 3.34. The van der Waals surface area contributed by atoms with Gasteiger partial charge in [-0.15, -0.1) is 11.5 Å². The predicted molar refractivity (Wildman–Crippen MR) is 71.3 cm³/mol. The van der Waals surface area contributed by atoms with E-state index < -0.39 is 8.07 Å². The molecule has 82 valence electrons. The van der Waals surface area contributed by atoms with Crippen LogP contribution in [-0.4, -0.2) is 17.8 Å². The van der Waals surface area contributed by atoms with Crippen LogP contribution in [0, 0.1) is 0 Å². The van der Waals surface area contributed by atoms with Crippen molar-refractivity contribution in [2.75, 3.05) is 13.1 Å². The normalized spacial score (nSPS) is 16.8. The number of nitrogens with zero attached hydrogens (tertiary/aromatic N) is 1. The van der Waals surface area contributed by atoms with Crippen LogP contribution >= 0.6 is 8.07 Å². The predicted octanol–water partition coefficient (Wildman–Crippen LogP) is 3.94. The molecule has 0 amide bonds.